The maximum absolute atomic E-state index is 6.08. The van der Waals surface area contributed by atoms with E-state index >= 15 is 0 Å². The van der Waals surface area contributed by atoms with Gasteiger partial charge in [-0.1, -0.05) is 12.2 Å². The molecule has 94 valence electrons. The van der Waals surface area contributed by atoms with Crippen LogP contribution < -0.4 is 5.19 Å². The molecule has 1 aromatic carbocycles. The predicted molar refractivity (Wildman–Crippen MR) is 78.2 cm³/mol. The van der Waals surface area contributed by atoms with Crippen molar-refractivity contribution < 1.29 is 21.7 Å². The van der Waals surface area contributed by atoms with Gasteiger partial charge in [0.15, 0.2) is 0 Å². The van der Waals surface area contributed by atoms with Gasteiger partial charge in [0.1, 0.15) is 0 Å². The summed E-state index contributed by atoms with van der Waals surface area (Å²) in [7, 11) is 2.84. The summed E-state index contributed by atoms with van der Waals surface area (Å²) in [6, 6.07) is 13.0. The van der Waals surface area contributed by atoms with Gasteiger partial charge in [-0.25, -0.2) is 0 Å². The van der Waals surface area contributed by atoms with E-state index in [4.69, 9.17) is 14.1 Å². The molecule has 0 saturated carbocycles. The molecule has 0 radical (unpaired) electrons. The summed E-state index contributed by atoms with van der Waals surface area (Å²) < 4.78 is 6.08. The van der Waals surface area contributed by atoms with Crippen LogP contribution in [0.5, 0.6) is 0 Å². The van der Waals surface area contributed by atoms with E-state index in [2.05, 4.69) is 31.4 Å². The molecule has 18 heavy (non-hydrogen) atoms. The van der Waals surface area contributed by atoms with E-state index in [-0.39, 0.29) is 0 Å². The zero-order valence-electron chi connectivity index (χ0n) is 11.0. The summed E-state index contributed by atoms with van der Waals surface area (Å²) in [6.07, 6.45) is 3.92. The molecule has 0 aliphatic rings. The Morgan fingerprint density at radius 2 is 1.78 bits per heavy atom. The molecule has 0 amide bonds. The van der Waals surface area contributed by atoms with Crippen LogP contribution in [0.25, 0.3) is 0 Å². The van der Waals surface area contributed by atoms with Gasteiger partial charge in [0.25, 0.3) is 0 Å². The van der Waals surface area contributed by atoms with Crippen molar-refractivity contribution in [2.24, 2.45) is 0 Å². The Hall–Kier alpha value is -0.210. The first-order valence-corrected chi connectivity index (χ1v) is 12.1. The van der Waals surface area contributed by atoms with Crippen molar-refractivity contribution in [1.29, 1.82) is 0 Å². The van der Waals surface area contributed by atoms with E-state index in [9.17, 15) is 0 Å². The third-order valence-corrected chi connectivity index (χ3v) is 6.74. The predicted octanol–water partition coefficient (Wildman–Crippen LogP) is 3.73. The van der Waals surface area contributed by atoms with Crippen LogP contribution in [0.3, 0.4) is 0 Å². The summed E-state index contributed by atoms with van der Waals surface area (Å²) >= 11 is 0.847. The fraction of sp³-hybridized carbons (Fsp3) is 0.286. The molecule has 0 saturated heterocycles. The molecule has 0 aliphatic heterocycles. The molecule has 0 N–H and O–H groups in total. The molecule has 0 atom stereocenters. The second kappa shape index (κ2) is 10.7. The van der Waals surface area contributed by atoms with E-state index in [0.717, 1.165) is 36.0 Å². The molecule has 1 aromatic rings. The summed E-state index contributed by atoms with van der Waals surface area (Å²) in [5.41, 5.74) is 0. The average molecular weight is 332 g/mol. The molecule has 0 heterocycles. The van der Waals surface area contributed by atoms with Gasteiger partial charge in [-0.2, -0.15) is 30.3 Å². The summed E-state index contributed by atoms with van der Waals surface area (Å²) in [6.45, 7) is 10.5. The second-order valence-electron chi connectivity index (χ2n) is 3.70. The third-order valence-electron chi connectivity index (χ3n) is 2.61. The molecule has 0 bridgehead atoms. The van der Waals surface area contributed by atoms with Crippen molar-refractivity contribution in [1.82, 2.24) is 0 Å². The van der Waals surface area contributed by atoms with Crippen LogP contribution in [0, 0.1) is 6.07 Å². The Morgan fingerprint density at radius 3 is 2.17 bits per heavy atom. The molecular weight excluding hydrogens is 313 g/mol. The number of allylic oxidation sites excluding steroid dienone is 2. The molecule has 4 heteroatoms. The van der Waals surface area contributed by atoms with Crippen LogP contribution in [0.15, 0.2) is 49.6 Å². The second-order valence-corrected chi connectivity index (χ2v) is 7.37. The van der Waals surface area contributed by atoms with E-state index < -0.39 is 8.32 Å². The zero-order valence-corrected chi connectivity index (χ0v) is 15.7. The van der Waals surface area contributed by atoms with Gasteiger partial charge in [-0.05, 0) is 19.0 Å². The molecule has 1 rings (SSSR count). The van der Waals surface area contributed by atoms with Gasteiger partial charge in [0.05, 0.1) is 0 Å². The number of rotatable bonds is 7. The Balaban J connectivity index is 0.00000137. The average Bonchev–Trinajstić information content (AvgIpc) is 2.43. The molecular formula is C14H19ClOSiZn. The number of hydrogen-bond acceptors (Lipinski definition) is 1. The molecule has 1 nitrogen and oxygen atoms in total. The Bertz CT molecular complexity index is 333. The Kier molecular flexibility index (Phi) is 10.6. The van der Waals surface area contributed by atoms with Gasteiger partial charge >= 0.3 is 27.0 Å². The van der Waals surface area contributed by atoms with E-state index in [1.807, 2.05) is 31.2 Å². The Labute approximate surface area is 126 Å². The van der Waals surface area contributed by atoms with Gasteiger partial charge in [0.2, 0.25) is 8.32 Å². The van der Waals surface area contributed by atoms with Crippen LogP contribution in [0.2, 0.25) is 12.1 Å². The minimum atomic E-state index is -1.93. The summed E-state index contributed by atoms with van der Waals surface area (Å²) in [5, 5.41) is 1.30. The van der Waals surface area contributed by atoms with Gasteiger partial charge in [0, 0.05) is 6.61 Å². The van der Waals surface area contributed by atoms with Crippen LogP contribution in [-0.4, -0.2) is 14.9 Å². The first kappa shape index (κ1) is 17.8. The third kappa shape index (κ3) is 5.19. The topological polar surface area (TPSA) is 9.23 Å². The summed E-state index contributed by atoms with van der Waals surface area (Å²) in [5.74, 6) is 0. The summed E-state index contributed by atoms with van der Waals surface area (Å²) in [4.78, 5) is 0. The normalized spacial score (nSPS) is 10.2. The van der Waals surface area contributed by atoms with Crippen LogP contribution >= 0.6 is 9.69 Å². The van der Waals surface area contributed by atoms with Crippen molar-refractivity contribution in [3.05, 3.63) is 55.6 Å². The quantitative estimate of drug-likeness (QED) is 0.420. The minimum absolute atomic E-state index is 0.743. The van der Waals surface area contributed by atoms with E-state index in [1.54, 1.807) is 0 Å². The van der Waals surface area contributed by atoms with Gasteiger partial charge in [-0.15, -0.1) is 18.3 Å². The molecule has 0 unspecified atom stereocenters. The van der Waals surface area contributed by atoms with E-state index in [0.29, 0.717) is 0 Å². The van der Waals surface area contributed by atoms with E-state index in [1.165, 1.54) is 5.19 Å². The number of benzene rings is 1. The van der Waals surface area contributed by atoms with Crippen LogP contribution in [0.1, 0.15) is 6.92 Å². The monoisotopic (exact) mass is 330 g/mol. The van der Waals surface area contributed by atoms with Crippen molar-refractivity contribution in [3.63, 3.8) is 0 Å². The fourth-order valence-electron chi connectivity index (χ4n) is 1.95. The maximum atomic E-state index is 6.08. The van der Waals surface area contributed by atoms with Crippen LogP contribution in [-0.2, 0) is 21.7 Å². The van der Waals surface area contributed by atoms with Crippen molar-refractivity contribution in [3.8, 4) is 0 Å². The standard InChI is InChI=1S/C14H19OSi.ClH.Zn/c1-4-12-16(13-5-2,15-6-3)14-10-8-7-9-11-14;;/h4-5,8-11H,1-2,6,12-13H2,3H3;1H;/q-1;;+2/p-1. The van der Waals surface area contributed by atoms with Crippen LogP contribution in [0.4, 0.5) is 0 Å². The Morgan fingerprint density at radius 1 is 1.28 bits per heavy atom. The molecule has 0 fully saturated rings. The first-order chi connectivity index (χ1) is 8.79. The first-order valence-electron chi connectivity index (χ1n) is 5.88. The van der Waals surface area contributed by atoms with Gasteiger partial charge in [-0.3, -0.25) is 0 Å². The van der Waals surface area contributed by atoms with Crippen molar-refractivity contribution in [2.45, 2.75) is 19.0 Å². The molecule has 0 aliphatic carbocycles. The molecule has 0 aromatic heterocycles. The van der Waals surface area contributed by atoms with Gasteiger partial charge < -0.3 is 4.43 Å². The zero-order chi connectivity index (χ0) is 13.9. The SMILES string of the molecule is C=CC[Si](CC=C)(OCC)c1cc[c-]cc1.[Cl][Zn+]. The fourth-order valence-corrected chi connectivity index (χ4v) is 5.25. The molecule has 0 spiro atoms. The van der Waals surface area contributed by atoms with Crippen molar-refractivity contribution >= 4 is 23.2 Å². The number of halogens is 1. The number of hydrogen-bond donors (Lipinski definition) is 0. The van der Waals surface area contributed by atoms with Crippen molar-refractivity contribution in [2.75, 3.05) is 6.61 Å².